The minimum absolute atomic E-state index is 0.0151. The van der Waals surface area contributed by atoms with E-state index < -0.39 is 10.0 Å². The van der Waals surface area contributed by atoms with Crippen LogP contribution in [0.5, 0.6) is 0 Å². The molecular weight excluding hydrogens is 292 g/mol. The van der Waals surface area contributed by atoms with Crippen molar-refractivity contribution < 1.29 is 8.42 Å². The molecule has 1 heterocycles. The van der Waals surface area contributed by atoms with Gasteiger partial charge in [-0.3, -0.25) is 0 Å². The second kappa shape index (κ2) is 5.79. The Morgan fingerprint density at radius 3 is 2.75 bits per heavy atom. The van der Waals surface area contributed by atoms with Crippen LogP contribution in [-0.4, -0.2) is 30.8 Å². The van der Waals surface area contributed by atoms with Crippen molar-refractivity contribution in [1.29, 1.82) is 0 Å². The number of sulfonamides is 1. The first-order valence-corrected chi connectivity index (χ1v) is 8.54. The molecule has 0 bridgehead atoms. The highest BCUT2D eigenvalue weighted by atomic mass is 32.2. The van der Waals surface area contributed by atoms with Crippen molar-refractivity contribution >= 4 is 27.2 Å². The third-order valence-electron chi connectivity index (χ3n) is 3.75. The fourth-order valence-electron chi connectivity index (χ4n) is 2.52. The maximum atomic E-state index is 12.8. The monoisotopic (exact) mass is 312 g/mol. The summed E-state index contributed by atoms with van der Waals surface area (Å²) in [5.41, 5.74) is 7.39. The molecule has 1 aromatic carbocycles. The predicted molar refractivity (Wildman–Crippen MR) is 84.2 cm³/mol. The zero-order valence-corrected chi connectivity index (χ0v) is 13.4. The first kappa shape index (κ1) is 15.4. The molecule has 20 heavy (non-hydrogen) atoms. The summed E-state index contributed by atoms with van der Waals surface area (Å²) in [5, 5.41) is 0. The average molecular weight is 312 g/mol. The number of benzene rings is 1. The molecule has 1 saturated heterocycles. The molecule has 1 fully saturated rings. The maximum Gasteiger partial charge on any atom is 0.243 e. The van der Waals surface area contributed by atoms with E-state index in [1.54, 1.807) is 6.07 Å². The molecule has 0 spiro atoms. The SMILES string of the molecule is Cc1ccc(C)c(S(=O)(=O)N2CCCC(C(N)=S)C2)c1. The molecule has 2 rings (SSSR count). The van der Waals surface area contributed by atoms with E-state index in [1.807, 2.05) is 26.0 Å². The van der Waals surface area contributed by atoms with E-state index in [-0.39, 0.29) is 5.92 Å². The van der Waals surface area contributed by atoms with Gasteiger partial charge in [-0.1, -0.05) is 24.4 Å². The number of nitrogens with two attached hydrogens (primary N) is 1. The van der Waals surface area contributed by atoms with E-state index in [4.69, 9.17) is 18.0 Å². The molecule has 0 aliphatic carbocycles. The molecule has 110 valence electrons. The molecule has 4 nitrogen and oxygen atoms in total. The third kappa shape index (κ3) is 3.02. The van der Waals surface area contributed by atoms with Crippen LogP contribution in [0.3, 0.4) is 0 Å². The van der Waals surface area contributed by atoms with E-state index in [0.717, 1.165) is 24.0 Å². The van der Waals surface area contributed by atoms with E-state index in [2.05, 4.69) is 0 Å². The molecule has 1 aromatic rings. The molecule has 0 aromatic heterocycles. The van der Waals surface area contributed by atoms with E-state index in [1.165, 1.54) is 4.31 Å². The highest BCUT2D eigenvalue weighted by molar-refractivity contribution is 7.89. The van der Waals surface area contributed by atoms with Gasteiger partial charge < -0.3 is 5.73 Å². The highest BCUT2D eigenvalue weighted by Gasteiger charge is 2.32. The summed E-state index contributed by atoms with van der Waals surface area (Å²) in [6, 6.07) is 5.49. The maximum absolute atomic E-state index is 12.8. The summed E-state index contributed by atoms with van der Waals surface area (Å²) in [6.07, 6.45) is 1.67. The summed E-state index contributed by atoms with van der Waals surface area (Å²) >= 11 is 5.01. The Kier molecular flexibility index (Phi) is 4.46. The molecule has 6 heteroatoms. The second-order valence-corrected chi connectivity index (χ2v) is 7.75. The van der Waals surface area contributed by atoms with Crippen molar-refractivity contribution in [3.05, 3.63) is 29.3 Å². The number of rotatable bonds is 3. The summed E-state index contributed by atoms with van der Waals surface area (Å²) in [5.74, 6) is -0.0151. The van der Waals surface area contributed by atoms with Crippen LogP contribution in [0.15, 0.2) is 23.1 Å². The molecule has 1 atom stereocenters. The number of aryl methyl sites for hydroxylation is 2. The number of hydrogen-bond donors (Lipinski definition) is 1. The van der Waals surface area contributed by atoms with Gasteiger partial charge in [0, 0.05) is 19.0 Å². The van der Waals surface area contributed by atoms with Crippen molar-refractivity contribution in [3.8, 4) is 0 Å². The fourth-order valence-corrected chi connectivity index (χ4v) is 4.54. The van der Waals surface area contributed by atoms with Crippen molar-refractivity contribution in [3.63, 3.8) is 0 Å². The average Bonchev–Trinajstić information content (AvgIpc) is 2.41. The summed E-state index contributed by atoms with van der Waals surface area (Å²) in [6.45, 7) is 4.65. The standard InChI is InChI=1S/C14H20N2O2S2/c1-10-5-6-11(2)13(8-10)20(17,18)16-7-3-4-12(9-16)14(15)19/h5-6,8,12H,3-4,7,9H2,1-2H3,(H2,15,19). The van der Waals surface area contributed by atoms with Crippen LogP contribution in [0.2, 0.25) is 0 Å². The van der Waals surface area contributed by atoms with Gasteiger partial charge in [0.2, 0.25) is 10.0 Å². The lowest BCUT2D eigenvalue weighted by atomic mass is 10.0. The molecule has 0 amide bonds. The van der Waals surface area contributed by atoms with Crippen LogP contribution in [0.25, 0.3) is 0 Å². The van der Waals surface area contributed by atoms with Crippen LogP contribution in [-0.2, 0) is 10.0 Å². The summed E-state index contributed by atoms with van der Waals surface area (Å²) in [7, 11) is -3.46. The van der Waals surface area contributed by atoms with Gasteiger partial charge in [0.1, 0.15) is 0 Å². The van der Waals surface area contributed by atoms with Gasteiger partial charge in [0.05, 0.1) is 9.88 Å². The minimum atomic E-state index is -3.46. The number of hydrogen-bond acceptors (Lipinski definition) is 3. The van der Waals surface area contributed by atoms with Gasteiger partial charge in [-0.15, -0.1) is 0 Å². The van der Waals surface area contributed by atoms with Gasteiger partial charge in [0.25, 0.3) is 0 Å². The van der Waals surface area contributed by atoms with Crippen LogP contribution in [0.4, 0.5) is 0 Å². The third-order valence-corrected chi connectivity index (χ3v) is 6.09. The normalized spacial score (nSPS) is 20.8. The Bertz CT molecular complexity index is 626. The Morgan fingerprint density at radius 1 is 1.40 bits per heavy atom. The Morgan fingerprint density at radius 2 is 2.10 bits per heavy atom. The summed E-state index contributed by atoms with van der Waals surface area (Å²) < 4.78 is 27.1. The number of thiocarbonyl (C=S) groups is 1. The van der Waals surface area contributed by atoms with Crippen molar-refractivity contribution in [2.45, 2.75) is 31.6 Å². The van der Waals surface area contributed by atoms with Crippen molar-refractivity contribution in [2.24, 2.45) is 11.7 Å². The number of nitrogens with zero attached hydrogens (tertiary/aromatic N) is 1. The minimum Gasteiger partial charge on any atom is -0.393 e. The molecule has 1 aliphatic heterocycles. The Hall–Kier alpha value is -0.980. The Balaban J connectivity index is 2.35. The van der Waals surface area contributed by atoms with Gasteiger partial charge in [-0.25, -0.2) is 8.42 Å². The van der Waals surface area contributed by atoms with E-state index >= 15 is 0 Å². The molecule has 1 aliphatic rings. The topological polar surface area (TPSA) is 63.4 Å². The Labute approximate surface area is 126 Å². The second-order valence-electron chi connectivity index (χ2n) is 5.37. The zero-order valence-electron chi connectivity index (χ0n) is 11.8. The van der Waals surface area contributed by atoms with Crippen LogP contribution >= 0.6 is 12.2 Å². The van der Waals surface area contributed by atoms with Gasteiger partial charge >= 0.3 is 0 Å². The van der Waals surface area contributed by atoms with Gasteiger partial charge in [0.15, 0.2) is 0 Å². The molecule has 1 unspecified atom stereocenters. The zero-order chi connectivity index (χ0) is 14.9. The highest BCUT2D eigenvalue weighted by Crippen LogP contribution is 2.26. The lowest BCUT2D eigenvalue weighted by Crippen LogP contribution is -2.43. The van der Waals surface area contributed by atoms with E-state index in [9.17, 15) is 8.42 Å². The van der Waals surface area contributed by atoms with Crippen LogP contribution in [0.1, 0.15) is 24.0 Å². The molecule has 0 radical (unpaired) electrons. The van der Waals surface area contributed by atoms with Crippen molar-refractivity contribution in [1.82, 2.24) is 4.31 Å². The largest absolute Gasteiger partial charge is 0.393 e. The van der Waals surface area contributed by atoms with Crippen molar-refractivity contribution in [2.75, 3.05) is 13.1 Å². The van der Waals surface area contributed by atoms with Crippen LogP contribution in [0, 0.1) is 19.8 Å². The molecule has 2 N–H and O–H groups in total. The first-order chi connectivity index (χ1) is 9.32. The quantitative estimate of drug-likeness (QED) is 0.867. The fraction of sp³-hybridized carbons (Fsp3) is 0.500. The molecular formula is C14H20N2O2S2. The van der Waals surface area contributed by atoms with Gasteiger partial charge in [-0.05, 0) is 43.9 Å². The van der Waals surface area contributed by atoms with Gasteiger partial charge in [-0.2, -0.15) is 4.31 Å². The molecule has 0 saturated carbocycles. The predicted octanol–water partition coefficient (Wildman–Crippen LogP) is 1.99. The lowest BCUT2D eigenvalue weighted by Gasteiger charge is -2.31. The summed E-state index contributed by atoms with van der Waals surface area (Å²) in [4.78, 5) is 0.798. The lowest BCUT2D eigenvalue weighted by molar-refractivity contribution is 0.312. The first-order valence-electron chi connectivity index (χ1n) is 6.69. The van der Waals surface area contributed by atoms with E-state index in [0.29, 0.717) is 23.0 Å². The van der Waals surface area contributed by atoms with Crippen LogP contribution < -0.4 is 5.73 Å². The number of piperidine rings is 1. The smallest absolute Gasteiger partial charge is 0.243 e.